The van der Waals surface area contributed by atoms with E-state index in [0.717, 1.165) is 34.2 Å². The maximum absolute atomic E-state index is 13.9. The molecule has 1 aliphatic carbocycles. The highest BCUT2D eigenvalue weighted by atomic mass is 19.1. The minimum Gasteiger partial charge on any atom is -0.465 e. The highest BCUT2D eigenvalue weighted by molar-refractivity contribution is 5.94. The zero-order valence-electron chi connectivity index (χ0n) is 23.3. The largest absolute Gasteiger partial charge is 0.465 e. The minimum absolute atomic E-state index is 0.0240. The van der Waals surface area contributed by atoms with Crippen molar-refractivity contribution in [3.63, 3.8) is 0 Å². The van der Waals surface area contributed by atoms with E-state index in [1.165, 1.54) is 30.9 Å². The Kier molecular flexibility index (Phi) is 7.57. The van der Waals surface area contributed by atoms with Gasteiger partial charge in [-0.05, 0) is 82.5 Å². The first-order chi connectivity index (χ1) is 20.4. The molecule has 42 heavy (non-hydrogen) atoms. The van der Waals surface area contributed by atoms with Gasteiger partial charge in [-0.15, -0.1) is 0 Å². The van der Waals surface area contributed by atoms with Crippen LogP contribution in [-0.2, 0) is 29.0 Å². The van der Waals surface area contributed by atoms with Crippen molar-refractivity contribution < 1.29 is 23.5 Å². The molecule has 0 radical (unpaired) electrons. The third-order valence-corrected chi connectivity index (χ3v) is 8.27. The zero-order chi connectivity index (χ0) is 29.2. The van der Waals surface area contributed by atoms with Crippen molar-refractivity contribution in [1.29, 1.82) is 0 Å². The van der Waals surface area contributed by atoms with E-state index in [2.05, 4.69) is 17.4 Å². The second kappa shape index (κ2) is 11.6. The van der Waals surface area contributed by atoms with E-state index in [1.54, 1.807) is 17.0 Å². The first-order valence-corrected chi connectivity index (χ1v) is 14.1. The van der Waals surface area contributed by atoms with Crippen molar-refractivity contribution in [2.24, 2.45) is 5.92 Å². The lowest BCUT2D eigenvalue weighted by atomic mass is 9.87. The fourth-order valence-corrected chi connectivity index (χ4v) is 5.95. The molecule has 4 aromatic rings. The minimum atomic E-state index is -0.455. The molecule has 1 saturated carbocycles. The second-order valence-corrected chi connectivity index (χ2v) is 10.9. The number of nitrogens with one attached hydrogen (secondary N) is 1. The van der Waals surface area contributed by atoms with Gasteiger partial charge in [0.2, 0.25) is 5.91 Å². The number of esters is 1. The Balaban J connectivity index is 1.28. The molecular formula is C35H31FN2O4. The summed E-state index contributed by atoms with van der Waals surface area (Å²) in [5.74, 6) is -0.888. The Morgan fingerprint density at radius 1 is 0.905 bits per heavy atom. The molecule has 6 rings (SSSR count). The number of hydrogen-bond donors (Lipinski definition) is 1. The first kappa shape index (κ1) is 27.4. The van der Waals surface area contributed by atoms with E-state index in [-0.39, 0.29) is 23.7 Å². The molecule has 7 heteroatoms. The zero-order valence-corrected chi connectivity index (χ0v) is 23.3. The van der Waals surface area contributed by atoms with Crippen LogP contribution in [0.5, 0.6) is 0 Å². The van der Waals surface area contributed by atoms with Gasteiger partial charge in [0, 0.05) is 31.1 Å². The number of amides is 2. The van der Waals surface area contributed by atoms with Crippen molar-refractivity contribution >= 4 is 17.8 Å². The molecule has 212 valence electrons. The topological polar surface area (TPSA) is 75.7 Å². The molecular weight excluding hydrogens is 531 g/mol. The summed E-state index contributed by atoms with van der Waals surface area (Å²) in [6, 6.07) is 27.1. The Morgan fingerprint density at radius 3 is 2.48 bits per heavy atom. The first-order valence-electron chi connectivity index (χ1n) is 14.1. The predicted molar refractivity (Wildman–Crippen MR) is 157 cm³/mol. The molecule has 2 aliphatic rings. The highest BCUT2D eigenvalue weighted by Crippen LogP contribution is 2.47. The maximum atomic E-state index is 13.9. The predicted octanol–water partition coefficient (Wildman–Crippen LogP) is 5.90. The van der Waals surface area contributed by atoms with E-state index >= 15 is 0 Å². The molecule has 2 amide bonds. The normalized spacial score (nSPS) is 17.2. The SMILES string of the molecule is COC(=O)c1cccc(-c2ccc(CNC(=O)[C@@H]3C[C@@H]3c3ccccc3)c3c2CCN(C(=O)c2cccc(F)c2)C3)c1. The average Bonchev–Trinajstić information content (AvgIpc) is 3.84. The summed E-state index contributed by atoms with van der Waals surface area (Å²) < 4.78 is 18.8. The van der Waals surface area contributed by atoms with Crippen molar-refractivity contribution in [1.82, 2.24) is 10.2 Å². The highest BCUT2D eigenvalue weighted by Gasteiger charge is 2.43. The van der Waals surface area contributed by atoms with Crippen LogP contribution in [0.4, 0.5) is 4.39 Å². The Morgan fingerprint density at radius 2 is 1.69 bits per heavy atom. The lowest BCUT2D eigenvalue weighted by Crippen LogP contribution is -2.37. The fraction of sp³-hybridized carbons (Fsp3) is 0.229. The smallest absolute Gasteiger partial charge is 0.337 e. The third-order valence-electron chi connectivity index (χ3n) is 8.27. The number of nitrogens with zero attached hydrogens (tertiary/aromatic N) is 1. The van der Waals surface area contributed by atoms with E-state index in [4.69, 9.17) is 4.74 Å². The Bertz CT molecular complexity index is 1670. The van der Waals surface area contributed by atoms with E-state index < -0.39 is 11.8 Å². The standard InChI is InChI=1S/C35H31FN2O4/c1-42-35(41)25-11-5-9-23(17-25)28-14-13-26(20-37-33(39)31-19-30(31)22-7-3-2-4-8-22)32-21-38(16-15-29(28)32)34(40)24-10-6-12-27(36)18-24/h2-14,17-18,30-31H,15-16,19-21H2,1H3,(H,37,39)/t30-,31-/m1/s1. The molecule has 1 fully saturated rings. The van der Waals surface area contributed by atoms with Gasteiger partial charge in [0.15, 0.2) is 0 Å². The van der Waals surface area contributed by atoms with Crippen molar-refractivity contribution in [2.75, 3.05) is 13.7 Å². The second-order valence-electron chi connectivity index (χ2n) is 10.9. The Labute approximate surface area is 244 Å². The summed E-state index contributed by atoms with van der Waals surface area (Å²) in [4.78, 5) is 40.4. The molecule has 0 aromatic heterocycles. The number of benzene rings is 4. The molecule has 6 nitrogen and oxygen atoms in total. The third kappa shape index (κ3) is 5.55. The van der Waals surface area contributed by atoms with Crippen LogP contribution in [0.1, 0.15) is 55.3 Å². The van der Waals surface area contributed by atoms with E-state index in [1.807, 2.05) is 48.5 Å². The van der Waals surface area contributed by atoms with Crippen LogP contribution in [0.25, 0.3) is 11.1 Å². The quantitative estimate of drug-likeness (QED) is 0.285. The molecule has 1 heterocycles. The molecule has 0 unspecified atom stereocenters. The average molecular weight is 563 g/mol. The number of methoxy groups -OCH3 is 1. The summed E-state index contributed by atoms with van der Waals surface area (Å²) in [5, 5.41) is 3.13. The lowest BCUT2D eigenvalue weighted by molar-refractivity contribution is -0.122. The lowest BCUT2D eigenvalue weighted by Gasteiger charge is -2.32. The molecule has 4 aromatic carbocycles. The van der Waals surface area contributed by atoms with Gasteiger partial charge in [-0.3, -0.25) is 9.59 Å². The van der Waals surface area contributed by atoms with Gasteiger partial charge in [0.1, 0.15) is 5.82 Å². The summed E-state index contributed by atoms with van der Waals surface area (Å²) in [5.41, 5.74) is 6.74. The van der Waals surface area contributed by atoms with Gasteiger partial charge >= 0.3 is 5.97 Å². The summed E-state index contributed by atoms with van der Waals surface area (Å²) in [6.07, 6.45) is 1.41. The van der Waals surface area contributed by atoms with Crippen molar-refractivity contribution in [3.8, 4) is 11.1 Å². The number of hydrogen-bond acceptors (Lipinski definition) is 4. The van der Waals surface area contributed by atoms with Gasteiger partial charge < -0.3 is 15.0 Å². The van der Waals surface area contributed by atoms with Gasteiger partial charge in [-0.25, -0.2) is 9.18 Å². The number of fused-ring (bicyclic) bond motifs is 1. The molecule has 2 atom stereocenters. The van der Waals surface area contributed by atoms with Crippen LogP contribution >= 0.6 is 0 Å². The van der Waals surface area contributed by atoms with Crippen LogP contribution in [0.2, 0.25) is 0 Å². The van der Waals surface area contributed by atoms with E-state index in [0.29, 0.717) is 37.2 Å². The number of carbonyl (C=O) groups excluding carboxylic acids is 3. The van der Waals surface area contributed by atoms with Crippen LogP contribution in [0, 0.1) is 11.7 Å². The summed E-state index contributed by atoms with van der Waals surface area (Å²) in [6.45, 7) is 1.13. The molecule has 1 N–H and O–H groups in total. The van der Waals surface area contributed by atoms with Gasteiger partial charge in [0.05, 0.1) is 12.7 Å². The van der Waals surface area contributed by atoms with E-state index in [9.17, 15) is 18.8 Å². The van der Waals surface area contributed by atoms with Crippen LogP contribution < -0.4 is 5.32 Å². The summed E-state index contributed by atoms with van der Waals surface area (Å²) in [7, 11) is 1.36. The van der Waals surface area contributed by atoms with Crippen LogP contribution in [-0.4, -0.2) is 36.3 Å². The van der Waals surface area contributed by atoms with Gasteiger partial charge in [0.25, 0.3) is 5.91 Å². The van der Waals surface area contributed by atoms with Crippen LogP contribution in [0.3, 0.4) is 0 Å². The number of rotatable bonds is 7. The molecule has 0 spiro atoms. The summed E-state index contributed by atoms with van der Waals surface area (Å²) >= 11 is 0. The molecule has 0 saturated heterocycles. The number of halogens is 1. The fourth-order valence-electron chi connectivity index (χ4n) is 5.95. The number of carbonyl (C=O) groups is 3. The van der Waals surface area contributed by atoms with Gasteiger partial charge in [-0.1, -0.05) is 60.7 Å². The van der Waals surface area contributed by atoms with Crippen molar-refractivity contribution in [2.45, 2.75) is 31.8 Å². The van der Waals surface area contributed by atoms with Crippen LogP contribution in [0.15, 0.2) is 91.0 Å². The maximum Gasteiger partial charge on any atom is 0.337 e. The Hall–Kier alpha value is -4.78. The van der Waals surface area contributed by atoms with Crippen molar-refractivity contribution in [3.05, 3.63) is 130 Å². The van der Waals surface area contributed by atoms with Gasteiger partial charge in [-0.2, -0.15) is 0 Å². The molecule has 1 aliphatic heterocycles. The molecule has 0 bridgehead atoms. The monoisotopic (exact) mass is 562 g/mol. The number of ether oxygens (including phenoxy) is 1.